The maximum absolute atomic E-state index is 11.9. The Hall–Kier alpha value is -2.49. The molecule has 0 saturated heterocycles. The highest BCUT2D eigenvalue weighted by Crippen LogP contribution is 2.20. The Balaban J connectivity index is 1.99. The van der Waals surface area contributed by atoms with Crippen molar-refractivity contribution in [1.82, 2.24) is 9.97 Å². The van der Waals surface area contributed by atoms with Gasteiger partial charge in [0.25, 0.3) is 0 Å². The zero-order valence-electron chi connectivity index (χ0n) is 10.5. The number of hydrogen-bond acceptors (Lipinski definition) is 3. The molecule has 1 atom stereocenters. The third-order valence-electron chi connectivity index (χ3n) is 2.75. The second-order valence-corrected chi connectivity index (χ2v) is 4.10. The third kappa shape index (κ3) is 3.74. The molecule has 19 heavy (non-hydrogen) atoms. The average Bonchev–Trinajstić information content (AvgIpc) is 2.47. The van der Waals surface area contributed by atoms with Gasteiger partial charge in [-0.1, -0.05) is 36.4 Å². The minimum atomic E-state index is -0.103. The van der Waals surface area contributed by atoms with Crippen LogP contribution < -0.4 is 5.32 Å². The van der Waals surface area contributed by atoms with Crippen molar-refractivity contribution >= 4 is 11.7 Å². The van der Waals surface area contributed by atoms with Crippen LogP contribution in [-0.2, 0) is 4.79 Å². The van der Waals surface area contributed by atoms with E-state index in [1.165, 1.54) is 12.4 Å². The molecule has 0 bridgehead atoms. The van der Waals surface area contributed by atoms with Crippen molar-refractivity contribution in [2.75, 3.05) is 5.32 Å². The second-order valence-electron chi connectivity index (χ2n) is 4.10. The monoisotopic (exact) mass is 253 g/mol. The highest BCUT2D eigenvalue weighted by molar-refractivity contribution is 5.90. The molecule has 1 aromatic carbocycles. The molecule has 4 nitrogen and oxygen atoms in total. The molecule has 1 amide bonds. The topological polar surface area (TPSA) is 54.9 Å². The van der Waals surface area contributed by atoms with E-state index < -0.39 is 0 Å². The first-order chi connectivity index (χ1) is 9.29. The number of hydrogen-bond donors (Lipinski definition) is 1. The van der Waals surface area contributed by atoms with Gasteiger partial charge in [-0.05, 0) is 5.56 Å². The molecule has 1 aromatic heterocycles. The number of nitrogens with one attached hydrogen (secondary N) is 1. The Bertz CT molecular complexity index is 540. The summed E-state index contributed by atoms with van der Waals surface area (Å²) >= 11 is 0. The standard InChI is InChI=1S/C15H15N3O/c1-2-12(13-6-4-3-5-7-13)10-15(19)18-14-11-16-8-9-17-14/h2-9,11-12H,1,10H2,(H,17,18,19). The lowest BCUT2D eigenvalue weighted by Crippen LogP contribution is -2.15. The van der Waals surface area contributed by atoms with Crippen molar-refractivity contribution < 1.29 is 4.79 Å². The predicted octanol–water partition coefficient (Wildman–Crippen LogP) is 2.78. The number of nitrogens with zero attached hydrogens (tertiary/aromatic N) is 2. The van der Waals surface area contributed by atoms with Crippen LogP contribution >= 0.6 is 0 Å². The van der Waals surface area contributed by atoms with Crippen LogP contribution in [0.2, 0.25) is 0 Å². The van der Waals surface area contributed by atoms with E-state index in [0.29, 0.717) is 12.2 Å². The number of amides is 1. The fourth-order valence-electron chi connectivity index (χ4n) is 1.79. The minimum Gasteiger partial charge on any atom is -0.309 e. The molecular weight excluding hydrogens is 238 g/mol. The van der Waals surface area contributed by atoms with Gasteiger partial charge in [0.1, 0.15) is 0 Å². The summed E-state index contributed by atoms with van der Waals surface area (Å²) in [5.41, 5.74) is 1.08. The number of allylic oxidation sites excluding steroid dienone is 1. The molecule has 1 N–H and O–H groups in total. The minimum absolute atomic E-state index is 0.00197. The SMILES string of the molecule is C=CC(CC(=O)Nc1cnccn1)c1ccccc1. The summed E-state index contributed by atoms with van der Waals surface area (Å²) in [6.07, 6.45) is 6.74. The van der Waals surface area contributed by atoms with Crippen LogP contribution in [0.1, 0.15) is 17.9 Å². The van der Waals surface area contributed by atoms with E-state index >= 15 is 0 Å². The van der Waals surface area contributed by atoms with Gasteiger partial charge in [-0.25, -0.2) is 4.98 Å². The van der Waals surface area contributed by atoms with E-state index in [9.17, 15) is 4.79 Å². The van der Waals surface area contributed by atoms with Crippen molar-refractivity contribution in [3.63, 3.8) is 0 Å². The van der Waals surface area contributed by atoms with Crippen LogP contribution in [0.4, 0.5) is 5.82 Å². The Morgan fingerprint density at radius 2 is 2.11 bits per heavy atom. The molecule has 1 unspecified atom stereocenters. The first kappa shape index (κ1) is 13.0. The Kier molecular flexibility index (Phi) is 4.39. The number of anilines is 1. The van der Waals surface area contributed by atoms with Crippen molar-refractivity contribution in [3.8, 4) is 0 Å². The van der Waals surface area contributed by atoms with E-state index in [4.69, 9.17) is 0 Å². The summed E-state index contributed by atoms with van der Waals surface area (Å²) in [7, 11) is 0. The van der Waals surface area contributed by atoms with Crippen molar-refractivity contribution in [1.29, 1.82) is 0 Å². The summed E-state index contributed by atoms with van der Waals surface area (Å²) in [4.78, 5) is 19.8. The molecule has 2 aromatic rings. The van der Waals surface area contributed by atoms with Crippen LogP contribution in [0.15, 0.2) is 61.6 Å². The summed E-state index contributed by atoms with van der Waals surface area (Å²) in [6.45, 7) is 3.79. The molecule has 2 rings (SSSR count). The van der Waals surface area contributed by atoms with Crippen molar-refractivity contribution in [3.05, 3.63) is 67.1 Å². The third-order valence-corrected chi connectivity index (χ3v) is 2.75. The lowest BCUT2D eigenvalue weighted by Gasteiger charge is -2.12. The molecule has 0 aliphatic heterocycles. The van der Waals surface area contributed by atoms with Crippen LogP contribution in [0.25, 0.3) is 0 Å². The van der Waals surface area contributed by atoms with Gasteiger partial charge < -0.3 is 5.32 Å². The van der Waals surface area contributed by atoms with Gasteiger partial charge >= 0.3 is 0 Å². The van der Waals surface area contributed by atoms with Gasteiger partial charge in [-0.3, -0.25) is 9.78 Å². The van der Waals surface area contributed by atoms with Crippen LogP contribution in [0, 0.1) is 0 Å². The summed E-state index contributed by atoms with van der Waals surface area (Å²) < 4.78 is 0. The second kappa shape index (κ2) is 6.44. The Labute approximate surface area is 112 Å². The highest BCUT2D eigenvalue weighted by atomic mass is 16.1. The van der Waals surface area contributed by atoms with Crippen LogP contribution in [0.3, 0.4) is 0 Å². The molecule has 96 valence electrons. The van der Waals surface area contributed by atoms with Crippen molar-refractivity contribution in [2.45, 2.75) is 12.3 Å². The molecule has 0 saturated carbocycles. The number of carbonyl (C=O) groups excluding carboxylic acids is 1. The van der Waals surface area contributed by atoms with E-state index in [-0.39, 0.29) is 11.8 Å². The molecule has 0 radical (unpaired) electrons. The molecule has 0 spiro atoms. The quantitative estimate of drug-likeness (QED) is 0.834. The zero-order valence-corrected chi connectivity index (χ0v) is 10.5. The Morgan fingerprint density at radius 1 is 1.32 bits per heavy atom. The summed E-state index contributed by atoms with van der Waals surface area (Å²) in [5.74, 6) is 0.357. The number of aromatic nitrogens is 2. The fourth-order valence-corrected chi connectivity index (χ4v) is 1.79. The maximum atomic E-state index is 11.9. The van der Waals surface area contributed by atoms with E-state index in [0.717, 1.165) is 5.56 Å². The molecule has 0 fully saturated rings. The average molecular weight is 253 g/mol. The van der Waals surface area contributed by atoms with E-state index in [2.05, 4.69) is 21.9 Å². The first-order valence-electron chi connectivity index (χ1n) is 6.03. The van der Waals surface area contributed by atoms with Gasteiger partial charge in [-0.15, -0.1) is 6.58 Å². The summed E-state index contributed by atoms with van der Waals surface area (Å²) in [5, 5.41) is 2.72. The first-order valence-corrected chi connectivity index (χ1v) is 6.03. The molecule has 0 aliphatic carbocycles. The highest BCUT2D eigenvalue weighted by Gasteiger charge is 2.13. The summed E-state index contributed by atoms with van der Waals surface area (Å²) in [6, 6.07) is 9.83. The van der Waals surface area contributed by atoms with E-state index in [1.54, 1.807) is 12.3 Å². The van der Waals surface area contributed by atoms with Gasteiger partial charge in [0, 0.05) is 24.7 Å². The van der Waals surface area contributed by atoms with Crippen molar-refractivity contribution in [2.24, 2.45) is 0 Å². The van der Waals surface area contributed by atoms with Crippen LogP contribution in [-0.4, -0.2) is 15.9 Å². The van der Waals surface area contributed by atoms with Gasteiger partial charge in [-0.2, -0.15) is 0 Å². The maximum Gasteiger partial charge on any atom is 0.226 e. The molecular formula is C15H15N3O. The van der Waals surface area contributed by atoms with Gasteiger partial charge in [0.05, 0.1) is 6.20 Å². The fraction of sp³-hybridized carbons (Fsp3) is 0.133. The number of benzene rings is 1. The van der Waals surface area contributed by atoms with E-state index in [1.807, 2.05) is 30.3 Å². The lowest BCUT2D eigenvalue weighted by molar-refractivity contribution is -0.116. The van der Waals surface area contributed by atoms with Crippen LogP contribution in [0.5, 0.6) is 0 Å². The molecule has 4 heteroatoms. The van der Waals surface area contributed by atoms with Gasteiger partial charge in [0.2, 0.25) is 5.91 Å². The normalized spacial score (nSPS) is 11.6. The number of carbonyl (C=O) groups is 1. The largest absolute Gasteiger partial charge is 0.309 e. The predicted molar refractivity (Wildman–Crippen MR) is 74.7 cm³/mol. The number of rotatable bonds is 5. The smallest absolute Gasteiger partial charge is 0.226 e. The molecule has 1 heterocycles. The van der Waals surface area contributed by atoms with Gasteiger partial charge in [0.15, 0.2) is 5.82 Å². The lowest BCUT2D eigenvalue weighted by atomic mass is 9.95. The molecule has 0 aliphatic rings. The Morgan fingerprint density at radius 3 is 2.74 bits per heavy atom. The zero-order chi connectivity index (χ0) is 13.5.